The number of sulfone groups is 1. The fourth-order valence-electron chi connectivity index (χ4n) is 1.55. The molecule has 0 aromatic heterocycles. The van der Waals surface area contributed by atoms with E-state index in [1.165, 1.54) is 12.1 Å². The number of carbonyl (C=O) groups excluding carboxylic acids is 1. The number of rotatable bonds is 7. The van der Waals surface area contributed by atoms with Crippen molar-refractivity contribution in [2.45, 2.75) is 11.3 Å². The maximum absolute atomic E-state index is 12.1. The first kappa shape index (κ1) is 16.9. The molecule has 0 radical (unpaired) electrons. The van der Waals surface area contributed by atoms with Gasteiger partial charge in [0.25, 0.3) is 0 Å². The third-order valence-corrected chi connectivity index (χ3v) is 4.65. The van der Waals surface area contributed by atoms with Crippen molar-refractivity contribution in [2.24, 2.45) is 0 Å². The number of methoxy groups -OCH3 is 1. The molecule has 0 aliphatic rings. The van der Waals surface area contributed by atoms with Crippen molar-refractivity contribution in [3.63, 3.8) is 0 Å². The molecule has 0 bridgehead atoms. The first-order valence-corrected chi connectivity index (χ1v) is 8.35. The minimum atomic E-state index is -3.74. The molecule has 0 saturated carbocycles. The fraction of sp³-hybridized carbons (Fsp3) is 0.417. The van der Waals surface area contributed by atoms with E-state index >= 15 is 0 Å². The maximum atomic E-state index is 12.1. The van der Waals surface area contributed by atoms with E-state index in [4.69, 9.17) is 10.5 Å². The van der Waals surface area contributed by atoms with Crippen LogP contribution >= 0.6 is 15.9 Å². The number of nitrogens with two attached hydrogens (primary N) is 1. The smallest absolute Gasteiger partial charge is 0.235 e. The molecular weight excluding hydrogens is 348 g/mol. The van der Waals surface area contributed by atoms with E-state index in [9.17, 15) is 13.2 Å². The van der Waals surface area contributed by atoms with Crippen molar-refractivity contribution in [2.75, 3.05) is 31.7 Å². The highest BCUT2D eigenvalue weighted by molar-refractivity contribution is 9.10. The highest BCUT2D eigenvalue weighted by atomic mass is 79.9. The summed E-state index contributed by atoms with van der Waals surface area (Å²) in [6, 6.07) is 4.44. The lowest BCUT2D eigenvalue weighted by Crippen LogP contribution is -2.31. The minimum absolute atomic E-state index is 0.0345. The lowest BCUT2D eigenvalue weighted by molar-refractivity contribution is -0.118. The maximum Gasteiger partial charge on any atom is 0.235 e. The van der Waals surface area contributed by atoms with Crippen LogP contribution in [0, 0.1) is 0 Å². The van der Waals surface area contributed by atoms with Crippen LogP contribution in [0.1, 0.15) is 6.42 Å². The van der Waals surface area contributed by atoms with Crippen LogP contribution in [0.5, 0.6) is 0 Å². The van der Waals surface area contributed by atoms with Gasteiger partial charge >= 0.3 is 0 Å². The summed E-state index contributed by atoms with van der Waals surface area (Å²) in [4.78, 5) is 11.6. The zero-order valence-corrected chi connectivity index (χ0v) is 13.5. The highest BCUT2D eigenvalue weighted by Crippen LogP contribution is 2.23. The highest BCUT2D eigenvalue weighted by Gasteiger charge is 2.21. The van der Waals surface area contributed by atoms with Crippen LogP contribution in [-0.2, 0) is 19.4 Å². The van der Waals surface area contributed by atoms with Gasteiger partial charge in [-0.2, -0.15) is 0 Å². The van der Waals surface area contributed by atoms with Crippen molar-refractivity contribution in [3.8, 4) is 0 Å². The van der Waals surface area contributed by atoms with Crippen LogP contribution in [0.15, 0.2) is 27.6 Å². The summed E-state index contributed by atoms with van der Waals surface area (Å²) >= 11 is 3.20. The van der Waals surface area contributed by atoms with E-state index in [0.29, 0.717) is 24.0 Å². The quantitative estimate of drug-likeness (QED) is 0.554. The molecule has 0 saturated heterocycles. The summed E-state index contributed by atoms with van der Waals surface area (Å²) in [5.74, 6) is -1.17. The van der Waals surface area contributed by atoms with Crippen molar-refractivity contribution < 1.29 is 17.9 Å². The molecule has 0 fully saturated rings. The Morgan fingerprint density at radius 3 is 2.75 bits per heavy atom. The Labute approximate surface area is 126 Å². The van der Waals surface area contributed by atoms with Crippen LogP contribution in [0.4, 0.5) is 5.69 Å². The molecule has 0 spiro atoms. The predicted molar refractivity (Wildman–Crippen MR) is 80.1 cm³/mol. The van der Waals surface area contributed by atoms with Gasteiger partial charge < -0.3 is 15.8 Å². The summed E-state index contributed by atoms with van der Waals surface area (Å²) in [6.07, 6.45) is 0.628. The van der Waals surface area contributed by atoms with Crippen LogP contribution in [-0.4, -0.2) is 40.3 Å². The number of hydrogen-bond acceptors (Lipinski definition) is 5. The Bertz CT molecular complexity index is 575. The number of halogens is 1. The largest absolute Gasteiger partial charge is 0.398 e. The van der Waals surface area contributed by atoms with Gasteiger partial charge in [0.15, 0.2) is 9.84 Å². The standard InChI is InChI=1S/C12H17BrN2O4S/c1-19-6-2-5-15-12(16)8-20(17,18)11-4-3-9(13)7-10(11)14/h3-4,7H,2,5-6,8,14H2,1H3,(H,15,16). The van der Waals surface area contributed by atoms with E-state index in [1.54, 1.807) is 13.2 Å². The predicted octanol–water partition coefficient (Wildman–Crippen LogP) is 0.958. The molecule has 1 aromatic rings. The zero-order valence-electron chi connectivity index (χ0n) is 11.1. The molecule has 8 heteroatoms. The average Bonchev–Trinajstić information content (AvgIpc) is 2.33. The number of carbonyl (C=O) groups is 1. The Morgan fingerprint density at radius 2 is 2.15 bits per heavy atom. The summed E-state index contributed by atoms with van der Waals surface area (Å²) < 4.78 is 29.7. The fourth-order valence-corrected chi connectivity index (χ4v) is 3.22. The molecule has 20 heavy (non-hydrogen) atoms. The SMILES string of the molecule is COCCCNC(=O)CS(=O)(=O)c1ccc(Br)cc1N. The number of benzene rings is 1. The molecule has 1 amide bonds. The molecular formula is C12H17BrN2O4S. The number of nitrogens with one attached hydrogen (secondary N) is 1. The number of hydrogen-bond donors (Lipinski definition) is 2. The van der Waals surface area contributed by atoms with Crippen molar-refractivity contribution in [1.82, 2.24) is 5.32 Å². The van der Waals surface area contributed by atoms with Gasteiger partial charge in [-0.15, -0.1) is 0 Å². The van der Waals surface area contributed by atoms with Crippen LogP contribution in [0.2, 0.25) is 0 Å². The molecule has 0 heterocycles. The van der Waals surface area contributed by atoms with Crippen LogP contribution < -0.4 is 11.1 Å². The van der Waals surface area contributed by atoms with Crippen molar-refractivity contribution in [3.05, 3.63) is 22.7 Å². The van der Waals surface area contributed by atoms with Gasteiger partial charge in [0.05, 0.1) is 10.6 Å². The number of nitrogen functional groups attached to an aromatic ring is 1. The molecule has 1 aromatic carbocycles. The Morgan fingerprint density at radius 1 is 1.45 bits per heavy atom. The topological polar surface area (TPSA) is 98.5 Å². The second-order valence-corrected chi connectivity index (χ2v) is 7.01. The third kappa shape index (κ3) is 5.10. The monoisotopic (exact) mass is 364 g/mol. The van der Waals surface area contributed by atoms with Gasteiger partial charge in [-0.25, -0.2) is 8.42 Å². The average molecular weight is 365 g/mol. The van der Waals surface area contributed by atoms with Gasteiger partial charge in [0.2, 0.25) is 5.91 Å². The summed E-state index contributed by atoms with van der Waals surface area (Å²) in [5.41, 5.74) is 5.78. The molecule has 0 aliphatic heterocycles. The van der Waals surface area contributed by atoms with Gasteiger partial charge in [0.1, 0.15) is 5.75 Å². The molecule has 6 nitrogen and oxygen atoms in total. The lowest BCUT2D eigenvalue weighted by atomic mass is 10.3. The van der Waals surface area contributed by atoms with Crippen LogP contribution in [0.25, 0.3) is 0 Å². The van der Waals surface area contributed by atoms with Crippen LogP contribution in [0.3, 0.4) is 0 Å². The third-order valence-electron chi connectivity index (χ3n) is 2.48. The normalized spacial score (nSPS) is 11.3. The summed E-state index contributed by atoms with van der Waals surface area (Å²) in [5, 5.41) is 2.53. The molecule has 0 unspecified atom stereocenters. The molecule has 3 N–H and O–H groups in total. The van der Waals surface area contributed by atoms with Crippen molar-refractivity contribution >= 4 is 37.4 Å². The summed E-state index contributed by atoms with van der Waals surface area (Å²) in [6.45, 7) is 0.880. The second-order valence-electron chi connectivity index (χ2n) is 4.14. The van der Waals surface area contributed by atoms with Gasteiger partial charge in [-0.05, 0) is 24.6 Å². The Balaban J connectivity index is 2.67. The van der Waals surface area contributed by atoms with Gasteiger partial charge in [-0.1, -0.05) is 15.9 Å². The van der Waals surface area contributed by atoms with E-state index in [2.05, 4.69) is 21.2 Å². The molecule has 0 aliphatic carbocycles. The van der Waals surface area contributed by atoms with E-state index in [-0.39, 0.29) is 10.6 Å². The van der Waals surface area contributed by atoms with E-state index < -0.39 is 21.5 Å². The van der Waals surface area contributed by atoms with E-state index in [1.807, 2.05) is 0 Å². The number of anilines is 1. The van der Waals surface area contributed by atoms with E-state index in [0.717, 1.165) is 0 Å². The Kier molecular flexibility index (Phi) is 6.44. The molecule has 112 valence electrons. The molecule has 0 atom stereocenters. The Hall–Kier alpha value is -1.12. The van der Waals surface area contributed by atoms with Gasteiger partial charge in [0, 0.05) is 24.7 Å². The first-order chi connectivity index (χ1) is 9.36. The molecule has 1 rings (SSSR count). The number of amides is 1. The zero-order chi connectivity index (χ0) is 15.2. The lowest BCUT2D eigenvalue weighted by Gasteiger charge is -2.08. The van der Waals surface area contributed by atoms with Gasteiger partial charge in [-0.3, -0.25) is 4.79 Å². The minimum Gasteiger partial charge on any atom is -0.398 e. The second kappa shape index (κ2) is 7.61. The number of ether oxygens (including phenoxy) is 1. The van der Waals surface area contributed by atoms with Crippen molar-refractivity contribution in [1.29, 1.82) is 0 Å². The first-order valence-electron chi connectivity index (χ1n) is 5.90. The summed E-state index contributed by atoms with van der Waals surface area (Å²) in [7, 11) is -2.18.